The lowest BCUT2D eigenvalue weighted by Gasteiger charge is -2.01. The molecule has 0 aliphatic heterocycles. The summed E-state index contributed by atoms with van der Waals surface area (Å²) in [5.74, 6) is 1.05. The Morgan fingerprint density at radius 3 is 2.95 bits per heavy atom. The fourth-order valence-corrected chi connectivity index (χ4v) is 2.62. The van der Waals surface area contributed by atoms with E-state index in [4.69, 9.17) is 10.5 Å². The van der Waals surface area contributed by atoms with Gasteiger partial charge in [-0.3, -0.25) is 0 Å². The summed E-state index contributed by atoms with van der Waals surface area (Å²) in [6.07, 6.45) is 1.70. The molecule has 0 spiro atoms. The molecule has 3 rings (SSSR count). The second kappa shape index (κ2) is 5.01. The van der Waals surface area contributed by atoms with E-state index >= 15 is 0 Å². The summed E-state index contributed by atoms with van der Waals surface area (Å²) in [6.45, 7) is 1.94. The van der Waals surface area contributed by atoms with Gasteiger partial charge in [0.1, 0.15) is 10.8 Å². The molecule has 3 aromatic rings. The molecule has 0 unspecified atom stereocenters. The number of aromatic nitrogens is 4. The number of hydrogen-bond acceptors (Lipinski definition) is 6. The number of H-pyrrole nitrogens is 1. The van der Waals surface area contributed by atoms with Crippen LogP contribution in [0, 0.1) is 6.92 Å². The summed E-state index contributed by atoms with van der Waals surface area (Å²) in [5.41, 5.74) is 8.38. The van der Waals surface area contributed by atoms with Crippen molar-refractivity contribution in [1.29, 1.82) is 0 Å². The van der Waals surface area contributed by atoms with Crippen molar-refractivity contribution < 1.29 is 4.74 Å². The molecule has 7 heteroatoms. The fourth-order valence-electron chi connectivity index (χ4n) is 1.77. The molecular weight excluding hydrogens is 274 g/mol. The number of hydrogen-bond donors (Lipinski definition) is 2. The Morgan fingerprint density at radius 1 is 1.30 bits per heavy atom. The Morgan fingerprint density at radius 2 is 2.15 bits per heavy atom. The van der Waals surface area contributed by atoms with Crippen LogP contribution >= 0.6 is 11.8 Å². The summed E-state index contributed by atoms with van der Waals surface area (Å²) in [7, 11) is 1.64. The van der Waals surface area contributed by atoms with Gasteiger partial charge in [0, 0.05) is 17.8 Å². The van der Waals surface area contributed by atoms with E-state index in [1.807, 2.05) is 25.1 Å². The second-order valence-electron chi connectivity index (χ2n) is 4.24. The number of nitrogens with zero attached hydrogens (tertiary/aromatic N) is 3. The quantitative estimate of drug-likeness (QED) is 0.719. The minimum Gasteiger partial charge on any atom is -0.497 e. The third-order valence-electron chi connectivity index (χ3n) is 2.80. The third kappa shape index (κ3) is 2.39. The van der Waals surface area contributed by atoms with Gasteiger partial charge in [0.25, 0.3) is 0 Å². The molecule has 0 saturated carbocycles. The lowest BCUT2D eigenvalue weighted by atomic mass is 10.3. The lowest BCUT2D eigenvalue weighted by Crippen LogP contribution is -1.97. The molecule has 2 aromatic heterocycles. The number of nitrogen functional groups attached to an aromatic ring is 1. The minimum absolute atomic E-state index is 0.260. The third-order valence-corrected chi connectivity index (χ3v) is 3.80. The van der Waals surface area contributed by atoms with Gasteiger partial charge in [0.2, 0.25) is 5.95 Å². The molecule has 102 valence electrons. The molecule has 6 nitrogen and oxygen atoms in total. The maximum atomic E-state index is 5.61. The number of rotatable bonds is 3. The Labute approximate surface area is 119 Å². The molecule has 0 aliphatic rings. The second-order valence-corrected chi connectivity index (χ2v) is 5.22. The minimum atomic E-state index is 0.260. The van der Waals surface area contributed by atoms with E-state index in [1.54, 1.807) is 13.3 Å². The lowest BCUT2D eigenvalue weighted by molar-refractivity contribution is 0.415. The van der Waals surface area contributed by atoms with Crippen molar-refractivity contribution in [1.82, 2.24) is 19.9 Å². The highest BCUT2D eigenvalue weighted by molar-refractivity contribution is 7.99. The predicted molar refractivity (Wildman–Crippen MR) is 78.0 cm³/mol. The average Bonchev–Trinajstić information content (AvgIpc) is 2.84. The molecule has 0 bridgehead atoms. The Kier molecular flexibility index (Phi) is 3.19. The van der Waals surface area contributed by atoms with E-state index in [0.717, 1.165) is 32.5 Å². The number of ether oxygens (including phenoxy) is 1. The topological polar surface area (TPSA) is 89.7 Å². The van der Waals surface area contributed by atoms with E-state index in [2.05, 4.69) is 19.9 Å². The van der Waals surface area contributed by atoms with Crippen molar-refractivity contribution in [2.45, 2.75) is 17.1 Å². The number of nitrogens with two attached hydrogens (primary N) is 1. The van der Waals surface area contributed by atoms with Crippen LogP contribution < -0.4 is 10.5 Å². The molecule has 0 aliphatic carbocycles. The number of imidazole rings is 1. The number of methoxy groups -OCH3 is 1. The number of aryl methyl sites for hydroxylation is 1. The molecule has 2 heterocycles. The number of fused-ring (bicyclic) bond motifs is 1. The largest absolute Gasteiger partial charge is 0.497 e. The van der Waals surface area contributed by atoms with E-state index < -0.39 is 0 Å². The van der Waals surface area contributed by atoms with Gasteiger partial charge in [-0.15, -0.1) is 0 Å². The van der Waals surface area contributed by atoms with E-state index in [0.29, 0.717) is 0 Å². The number of nitrogens with one attached hydrogen (secondary N) is 1. The molecule has 1 aromatic carbocycles. The molecule has 3 N–H and O–H groups in total. The van der Waals surface area contributed by atoms with Gasteiger partial charge >= 0.3 is 0 Å². The molecular formula is C13H13N5OS. The first kappa shape index (κ1) is 12.7. The van der Waals surface area contributed by atoms with Crippen molar-refractivity contribution >= 4 is 28.7 Å². The van der Waals surface area contributed by atoms with Gasteiger partial charge in [0.05, 0.1) is 18.1 Å². The van der Waals surface area contributed by atoms with Crippen molar-refractivity contribution in [2.24, 2.45) is 0 Å². The molecule has 20 heavy (non-hydrogen) atoms. The van der Waals surface area contributed by atoms with Crippen molar-refractivity contribution in [2.75, 3.05) is 12.8 Å². The smallest absolute Gasteiger partial charge is 0.221 e. The van der Waals surface area contributed by atoms with Crippen LogP contribution in [0.3, 0.4) is 0 Å². The van der Waals surface area contributed by atoms with Crippen molar-refractivity contribution in [3.63, 3.8) is 0 Å². The summed E-state index contributed by atoms with van der Waals surface area (Å²) in [5, 5.41) is 1.55. The molecule has 0 saturated heterocycles. The highest BCUT2D eigenvalue weighted by Gasteiger charge is 2.09. The van der Waals surface area contributed by atoms with Crippen LogP contribution in [0.2, 0.25) is 0 Å². The van der Waals surface area contributed by atoms with Gasteiger partial charge < -0.3 is 15.5 Å². The zero-order chi connectivity index (χ0) is 14.1. The van der Waals surface area contributed by atoms with Crippen LogP contribution in [-0.2, 0) is 0 Å². The van der Waals surface area contributed by atoms with Gasteiger partial charge in [-0.2, -0.15) is 0 Å². The zero-order valence-corrected chi connectivity index (χ0v) is 11.9. The molecule has 0 atom stereocenters. The highest BCUT2D eigenvalue weighted by atomic mass is 32.2. The number of benzene rings is 1. The SMILES string of the molecule is COc1ccc2nc(Sc3nc(N)ncc3C)[nH]c2c1. The first-order valence-electron chi connectivity index (χ1n) is 5.96. The molecule has 0 amide bonds. The number of aromatic amines is 1. The summed E-state index contributed by atoms with van der Waals surface area (Å²) in [4.78, 5) is 15.9. The Bertz CT molecular complexity index is 771. The maximum absolute atomic E-state index is 5.61. The van der Waals surface area contributed by atoms with Gasteiger partial charge in [-0.05, 0) is 30.8 Å². The monoisotopic (exact) mass is 287 g/mol. The van der Waals surface area contributed by atoms with Gasteiger partial charge in [-0.1, -0.05) is 0 Å². The van der Waals surface area contributed by atoms with E-state index in [9.17, 15) is 0 Å². The summed E-state index contributed by atoms with van der Waals surface area (Å²) in [6, 6.07) is 5.70. The van der Waals surface area contributed by atoms with Crippen LogP contribution in [0.15, 0.2) is 34.6 Å². The van der Waals surface area contributed by atoms with E-state index in [1.165, 1.54) is 11.8 Å². The van der Waals surface area contributed by atoms with E-state index in [-0.39, 0.29) is 5.95 Å². The number of anilines is 1. The van der Waals surface area contributed by atoms with Crippen LogP contribution in [0.1, 0.15) is 5.56 Å². The highest BCUT2D eigenvalue weighted by Crippen LogP contribution is 2.29. The standard InChI is InChI=1S/C13H13N5OS/c1-7-6-15-12(14)18-11(7)20-13-16-9-4-3-8(19-2)5-10(9)17-13/h3-6H,1-2H3,(H,16,17)(H2,14,15,18). The fraction of sp³-hybridized carbons (Fsp3) is 0.154. The Hall–Kier alpha value is -2.28. The average molecular weight is 287 g/mol. The van der Waals surface area contributed by atoms with Crippen LogP contribution in [0.25, 0.3) is 11.0 Å². The normalized spacial score (nSPS) is 10.9. The predicted octanol–water partition coefficient (Wildman–Crippen LogP) is 2.40. The van der Waals surface area contributed by atoms with Crippen LogP contribution in [0.5, 0.6) is 5.75 Å². The van der Waals surface area contributed by atoms with Gasteiger partial charge in [-0.25, -0.2) is 15.0 Å². The summed E-state index contributed by atoms with van der Waals surface area (Å²) >= 11 is 1.43. The van der Waals surface area contributed by atoms with Crippen molar-refractivity contribution in [3.8, 4) is 5.75 Å². The van der Waals surface area contributed by atoms with Crippen LogP contribution in [0.4, 0.5) is 5.95 Å². The first-order chi connectivity index (χ1) is 9.65. The summed E-state index contributed by atoms with van der Waals surface area (Å²) < 4.78 is 5.19. The Balaban J connectivity index is 1.96. The molecule has 0 fully saturated rings. The maximum Gasteiger partial charge on any atom is 0.221 e. The van der Waals surface area contributed by atoms with Gasteiger partial charge in [0.15, 0.2) is 5.16 Å². The first-order valence-corrected chi connectivity index (χ1v) is 6.78. The molecule has 0 radical (unpaired) electrons. The zero-order valence-electron chi connectivity index (χ0n) is 11.0. The van der Waals surface area contributed by atoms with Crippen LogP contribution in [-0.4, -0.2) is 27.0 Å². The van der Waals surface area contributed by atoms with Crippen molar-refractivity contribution in [3.05, 3.63) is 30.0 Å².